The number of hydrogen-bond acceptors (Lipinski definition) is 5. The number of carbonyl (C=O) groups excluding carboxylic acids is 1. The Morgan fingerprint density at radius 3 is 2.67 bits per heavy atom. The molecule has 0 aromatic rings. The first-order valence-corrected chi connectivity index (χ1v) is 10.3. The molecule has 8 heteroatoms. The van der Waals surface area contributed by atoms with Gasteiger partial charge in [-0.3, -0.25) is 4.79 Å². The molecule has 1 amide bonds. The van der Waals surface area contributed by atoms with Gasteiger partial charge in [0.05, 0.1) is 5.75 Å². The van der Waals surface area contributed by atoms with Gasteiger partial charge in [0, 0.05) is 43.1 Å². The average Bonchev–Trinajstić information content (AvgIpc) is 2.48. The van der Waals surface area contributed by atoms with E-state index in [1.165, 1.54) is 4.31 Å². The zero-order chi connectivity index (χ0) is 15.3. The molecule has 1 saturated carbocycles. The van der Waals surface area contributed by atoms with Gasteiger partial charge in [0.25, 0.3) is 0 Å². The van der Waals surface area contributed by atoms with Crippen LogP contribution in [0.3, 0.4) is 0 Å². The van der Waals surface area contributed by atoms with Crippen molar-refractivity contribution < 1.29 is 13.2 Å². The average molecular weight is 335 g/mol. The van der Waals surface area contributed by atoms with Crippen LogP contribution >= 0.6 is 11.8 Å². The molecule has 21 heavy (non-hydrogen) atoms. The summed E-state index contributed by atoms with van der Waals surface area (Å²) in [6.07, 6.45) is 3.52. The second kappa shape index (κ2) is 7.80. The maximum atomic E-state index is 12.1. The lowest BCUT2D eigenvalue weighted by Crippen LogP contribution is -2.43. The number of rotatable bonds is 5. The van der Waals surface area contributed by atoms with Gasteiger partial charge in [-0.15, -0.1) is 0 Å². The van der Waals surface area contributed by atoms with E-state index in [0.717, 1.165) is 30.8 Å². The van der Waals surface area contributed by atoms with E-state index in [2.05, 4.69) is 5.32 Å². The number of thioether (sulfide) groups is 1. The molecule has 2 fully saturated rings. The van der Waals surface area contributed by atoms with E-state index in [4.69, 9.17) is 5.73 Å². The van der Waals surface area contributed by atoms with Crippen LogP contribution in [-0.4, -0.2) is 61.6 Å². The van der Waals surface area contributed by atoms with Crippen LogP contribution in [0.2, 0.25) is 0 Å². The van der Waals surface area contributed by atoms with Crippen LogP contribution < -0.4 is 11.1 Å². The number of hydrogen-bond donors (Lipinski definition) is 2. The molecule has 122 valence electrons. The minimum absolute atomic E-state index is 0.0117. The van der Waals surface area contributed by atoms with Crippen molar-refractivity contribution in [1.82, 2.24) is 9.62 Å². The smallest absolute Gasteiger partial charge is 0.223 e. The molecule has 1 heterocycles. The van der Waals surface area contributed by atoms with E-state index >= 15 is 0 Å². The summed E-state index contributed by atoms with van der Waals surface area (Å²) in [5, 5.41) is 2.76. The first kappa shape index (κ1) is 17.1. The summed E-state index contributed by atoms with van der Waals surface area (Å²) in [5.74, 6) is 1.59. The van der Waals surface area contributed by atoms with Crippen molar-refractivity contribution in [2.75, 3.05) is 36.9 Å². The Hall–Kier alpha value is -0.310. The molecule has 2 unspecified atom stereocenters. The molecule has 1 aliphatic heterocycles. The first-order valence-electron chi connectivity index (χ1n) is 7.58. The standard InChI is InChI=1S/C13H25N3O3S2/c14-12-3-1-2-11(10-12)13(17)15-4-9-21(18,19)16-5-7-20-8-6-16/h11-12H,1-10,14H2,(H,15,17). The van der Waals surface area contributed by atoms with E-state index in [-0.39, 0.29) is 30.2 Å². The number of carbonyl (C=O) groups is 1. The summed E-state index contributed by atoms with van der Waals surface area (Å²) in [5.41, 5.74) is 5.87. The Morgan fingerprint density at radius 2 is 2.00 bits per heavy atom. The molecule has 0 aromatic heterocycles. The fraction of sp³-hybridized carbons (Fsp3) is 0.923. The van der Waals surface area contributed by atoms with Gasteiger partial charge in [0.2, 0.25) is 15.9 Å². The largest absolute Gasteiger partial charge is 0.355 e. The lowest BCUT2D eigenvalue weighted by Gasteiger charge is -2.27. The quantitative estimate of drug-likeness (QED) is 0.738. The monoisotopic (exact) mass is 335 g/mol. The van der Waals surface area contributed by atoms with Gasteiger partial charge < -0.3 is 11.1 Å². The zero-order valence-electron chi connectivity index (χ0n) is 12.3. The van der Waals surface area contributed by atoms with Crippen LogP contribution in [0.5, 0.6) is 0 Å². The van der Waals surface area contributed by atoms with Gasteiger partial charge in [-0.25, -0.2) is 12.7 Å². The highest BCUT2D eigenvalue weighted by Gasteiger charge is 2.27. The van der Waals surface area contributed by atoms with Crippen LogP contribution in [0, 0.1) is 5.92 Å². The first-order chi connectivity index (χ1) is 9.99. The van der Waals surface area contributed by atoms with E-state index in [9.17, 15) is 13.2 Å². The second-order valence-corrected chi connectivity index (χ2v) is 9.06. The molecular formula is C13H25N3O3S2. The van der Waals surface area contributed by atoms with Crippen molar-refractivity contribution in [1.29, 1.82) is 0 Å². The summed E-state index contributed by atoms with van der Waals surface area (Å²) in [4.78, 5) is 12.0. The number of nitrogens with zero attached hydrogens (tertiary/aromatic N) is 1. The molecule has 3 N–H and O–H groups in total. The van der Waals surface area contributed by atoms with Crippen molar-refractivity contribution in [3.05, 3.63) is 0 Å². The summed E-state index contributed by atoms with van der Waals surface area (Å²) in [7, 11) is -3.24. The zero-order valence-corrected chi connectivity index (χ0v) is 13.9. The van der Waals surface area contributed by atoms with Crippen molar-refractivity contribution >= 4 is 27.7 Å². The third-order valence-electron chi connectivity index (χ3n) is 4.11. The SMILES string of the molecule is NC1CCCC(C(=O)NCCS(=O)(=O)N2CCSCC2)C1. The van der Waals surface area contributed by atoms with Crippen LogP contribution in [0.15, 0.2) is 0 Å². The number of nitrogens with one attached hydrogen (secondary N) is 1. The van der Waals surface area contributed by atoms with Gasteiger partial charge >= 0.3 is 0 Å². The Morgan fingerprint density at radius 1 is 1.29 bits per heavy atom. The Labute approximate surface area is 131 Å². The maximum absolute atomic E-state index is 12.1. The van der Waals surface area contributed by atoms with Crippen molar-refractivity contribution in [3.8, 4) is 0 Å². The second-order valence-electron chi connectivity index (χ2n) is 5.74. The third-order valence-corrected chi connectivity index (χ3v) is 6.92. The topological polar surface area (TPSA) is 92.5 Å². The summed E-state index contributed by atoms with van der Waals surface area (Å²) < 4.78 is 25.8. The fourth-order valence-corrected chi connectivity index (χ4v) is 5.36. The van der Waals surface area contributed by atoms with Gasteiger partial charge in [-0.2, -0.15) is 11.8 Å². The molecule has 2 rings (SSSR count). The number of nitrogens with two attached hydrogens (primary N) is 1. The van der Waals surface area contributed by atoms with Crippen molar-refractivity contribution in [2.24, 2.45) is 11.7 Å². The highest BCUT2D eigenvalue weighted by molar-refractivity contribution is 7.99. The minimum atomic E-state index is -3.24. The van der Waals surface area contributed by atoms with Gasteiger partial charge in [-0.05, 0) is 19.3 Å². The van der Waals surface area contributed by atoms with Crippen LogP contribution in [0.25, 0.3) is 0 Å². The molecule has 0 radical (unpaired) electrons. The lowest BCUT2D eigenvalue weighted by atomic mass is 9.85. The molecule has 1 saturated heterocycles. The molecule has 2 atom stereocenters. The normalized spacial score (nSPS) is 28.2. The van der Waals surface area contributed by atoms with Crippen LogP contribution in [-0.2, 0) is 14.8 Å². The van der Waals surface area contributed by atoms with E-state index < -0.39 is 10.0 Å². The van der Waals surface area contributed by atoms with E-state index in [0.29, 0.717) is 19.5 Å². The Balaban J connectivity index is 1.74. The van der Waals surface area contributed by atoms with E-state index in [1.807, 2.05) is 0 Å². The van der Waals surface area contributed by atoms with Crippen molar-refractivity contribution in [2.45, 2.75) is 31.7 Å². The molecule has 2 aliphatic rings. The minimum Gasteiger partial charge on any atom is -0.355 e. The molecular weight excluding hydrogens is 310 g/mol. The van der Waals surface area contributed by atoms with E-state index in [1.54, 1.807) is 11.8 Å². The fourth-order valence-electron chi connectivity index (χ4n) is 2.87. The highest BCUT2D eigenvalue weighted by atomic mass is 32.2. The predicted octanol–water partition coefficient (Wildman–Crippen LogP) is -0.00130. The Bertz CT molecular complexity index is 450. The molecule has 0 aromatic carbocycles. The van der Waals surface area contributed by atoms with Crippen LogP contribution in [0.1, 0.15) is 25.7 Å². The van der Waals surface area contributed by atoms with Crippen molar-refractivity contribution in [3.63, 3.8) is 0 Å². The highest BCUT2D eigenvalue weighted by Crippen LogP contribution is 2.23. The molecule has 1 aliphatic carbocycles. The number of amides is 1. The summed E-state index contributed by atoms with van der Waals surface area (Å²) in [6.45, 7) is 1.35. The predicted molar refractivity (Wildman–Crippen MR) is 85.6 cm³/mol. The molecule has 0 bridgehead atoms. The lowest BCUT2D eigenvalue weighted by molar-refractivity contribution is -0.125. The van der Waals surface area contributed by atoms with Gasteiger partial charge in [0.1, 0.15) is 0 Å². The third kappa shape index (κ3) is 5.12. The molecule has 0 spiro atoms. The maximum Gasteiger partial charge on any atom is 0.223 e. The number of sulfonamides is 1. The Kier molecular flexibility index (Phi) is 6.34. The van der Waals surface area contributed by atoms with Crippen LogP contribution in [0.4, 0.5) is 0 Å². The molecule has 6 nitrogen and oxygen atoms in total. The van der Waals surface area contributed by atoms with Gasteiger partial charge in [-0.1, -0.05) is 6.42 Å². The summed E-state index contributed by atoms with van der Waals surface area (Å²) in [6, 6.07) is 0.101. The van der Waals surface area contributed by atoms with Gasteiger partial charge in [0.15, 0.2) is 0 Å². The summed E-state index contributed by atoms with van der Waals surface area (Å²) >= 11 is 1.77.